The van der Waals surface area contributed by atoms with Crippen molar-refractivity contribution in [1.29, 1.82) is 0 Å². The van der Waals surface area contributed by atoms with Crippen LogP contribution in [0.15, 0.2) is 30.5 Å². The van der Waals surface area contributed by atoms with Crippen molar-refractivity contribution >= 4 is 22.4 Å². The Morgan fingerprint density at radius 3 is 2.81 bits per heavy atom. The zero-order valence-electron chi connectivity index (χ0n) is 12.7. The third-order valence-electron chi connectivity index (χ3n) is 3.09. The minimum Gasteiger partial charge on any atom is -0.461 e. The van der Waals surface area contributed by atoms with E-state index >= 15 is 0 Å². The summed E-state index contributed by atoms with van der Waals surface area (Å²) in [6, 6.07) is 7.79. The van der Waals surface area contributed by atoms with Gasteiger partial charge in [0.1, 0.15) is 5.69 Å². The number of aromatic nitrogens is 1. The Labute approximate surface area is 124 Å². The van der Waals surface area contributed by atoms with E-state index in [-0.39, 0.29) is 5.97 Å². The van der Waals surface area contributed by atoms with Crippen molar-refractivity contribution in [2.75, 3.05) is 39.1 Å². The molecule has 0 spiro atoms. The third kappa shape index (κ3) is 4.16. The van der Waals surface area contributed by atoms with Gasteiger partial charge in [-0.3, -0.25) is 0 Å². The Kier molecular flexibility index (Phi) is 5.11. The fourth-order valence-electron chi connectivity index (χ4n) is 1.99. The minimum atomic E-state index is -0.382. The van der Waals surface area contributed by atoms with E-state index in [9.17, 15) is 4.79 Å². The van der Waals surface area contributed by atoms with Crippen LogP contribution in [0.2, 0.25) is 0 Å². The molecule has 0 saturated heterocycles. The van der Waals surface area contributed by atoms with Crippen molar-refractivity contribution in [3.63, 3.8) is 0 Å². The summed E-state index contributed by atoms with van der Waals surface area (Å²) in [6.45, 7) is 3.99. The number of carbonyl (C=O) groups excluding carboxylic acids is 1. The smallest absolute Gasteiger partial charge is 0.356 e. The Morgan fingerprint density at radius 1 is 1.29 bits per heavy atom. The van der Waals surface area contributed by atoms with Gasteiger partial charge in [0.2, 0.25) is 0 Å². The molecular formula is C16H21N3O2. The summed E-state index contributed by atoms with van der Waals surface area (Å²) in [4.78, 5) is 17.9. The lowest BCUT2D eigenvalue weighted by molar-refractivity contribution is 0.0520. The van der Waals surface area contributed by atoms with Gasteiger partial charge in [0.05, 0.1) is 6.61 Å². The van der Waals surface area contributed by atoms with Gasteiger partial charge in [-0.15, -0.1) is 0 Å². The SMILES string of the molecule is CCOC(=O)c1cc2ccc(NCCN(C)C)cc2cn1. The van der Waals surface area contributed by atoms with Crippen LogP contribution in [0, 0.1) is 0 Å². The number of likely N-dealkylation sites (N-methyl/N-ethyl adjacent to an activating group) is 1. The van der Waals surface area contributed by atoms with Gasteiger partial charge in [-0.1, -0.05) is 6.07 Å². The van der Waals surface area contributed by atoms with Gasteiger partial charge in [-0.05, 0) is 44.6 Å². The molecule has 2 rings (SSSR count). The molecule has 0 saturated carbocycles. The molecule has 0 amide bonds. The first kappa shape index (κ1) is 15.3. The molecule has 1 aromatic heterocycles. The van der Waals surface area contributed by atoms with E-state index in [0.717, 1.165) is 29.5 Å². The lowest BCUT2D eigenvalue weighted by Crippen LogP contribution is -2.20. The number of nitrogens with one attached hydrogen (secondary N) is 1. The number of carbonyl (C=O) groups is 1. The lowest BCUT2D eigenvalue weighted by atomic mass is 10.1. The molecule has 0 fully saturated rings. The highest BCUT2D eigenvalue weighted by atomic mass is 16.5. The minimum absolute atomic E-state index is 0.345. The molecular weight excluding hydrogens is 266 g/mol. The van der Waals surface area contributed by atoms with Crippen LogP contribution in [0.25, 0.3) is 10.8 Å². The zero-order valence-corrected chi connectivity index (χ0v) is 12.7. The average Bonchev–Trinajstić information content (AvgIpc) is 2.46. The predicted octanol–water partition coefficient (Wildman–Crippen LogP) is 2.39. The van der Waals surface area contributed by atoms with Crippen LogP contribution in [0.3, 0.4) is 0 Å². The van der Waals surface area contributed by atoms with Crippen LogP contribution in [0.4, 0.5) is 5.69 Å². The predicted molar refractivity (Wildman–Crippen MR) is 84.7 cm³/mol. The normalized spacial score (nSPS) is 10.9. The van der Waals surface area contributed by atoms with Gasteiger partial charge < -0.3 is 15.0 Å². The molecule has 0 bridgehead atoms. The average molecular weight is 287 g/mol. The number of anilines is 1. The monoisotopic (exact) mass is 287 g/mol. The molecule has 0 aliphatic rings. The van der Waals surface area contributed by atoms with Gasteiger partial charge in [0.15, 0.2) is 0 Å². The number of fused-ring (bicyclic) bond motifs is 1. The number of pyridine rings is 1. The van der Waals surface area contributed by atoms with E-state index < -0.39 is 0 Å². The van der Waals surface area contributed by atoms with Crippen molar-refractivity contribution < 1.29 is 9.53 Å². The van der Waals surface area contributed by atoms with E-state index in [0.29, 0.717) is 12.3 Å². The van der Waals surface area contributed by atoms with E-state index in [1.807, 2.05) is 32.3 Å². The molecule has 112 valence electrons. The van der Waals surface area contributed by atoms with Crippen LogP contribution in [0.5, 0.6) is 0 Å². The summed E-state index contributed by atoms with van der Waals surface area (Å²) in [5, 5.41) is 5.34. The first-order valence-corrected chi connectivity index (χ1v) is 7.05. The molecule has 21 heavy (non-hydrogen) atoms. The van der Waals surface area contributed by atoms with Crippen molar-refractivity contribution in [3.8, 4) is 0 Å². The van der Waals surface area contributed by atoms with E-state index in [1.54, 1.807) is 19.2 Å². The van der Waals surface area contributed by atoms with Crippen molar-refractivity contribution in [2.24, 2.45) is 0 Å². The van der Waals surface area contributed by atoms with Gasteiger partial charge in [-0.25, -0.2) is 9.78 Å². The second-order valence-electron chi connectivity index (χ2n) is 5.08. The first-order valence-electron chi connectivity index (χ1n) is 7.05. The van der Waals surface area contributed by atoms with Crippen LogP contribution >= 0.6 is 0 Å². The van der Waals surface area contributed by atoms with E-state index in [4.69, 9.17) is 4.74 Å². The molecule has 0 unspecified atom stereocenters. The highest BCUT2D eigenvalue weighted by Gasteiger charge is 2.08. The molecule has 0 atom stereocenters. The largest absolute Gasteiger partial charge is 0.461 e. The summed E-state index contributed by atoms with van der Waals surface area (Å²) in [7, 11) is 4.09. The fourth-order valence-corrected chi connectivity index (χ4v) is 1.99. The van der Waals surface area contributed by atoms with Crippen LogP contribution < -0.4 is 5.32 Å². The molecule has 0 radical (unpaired) electrons. The maximum absolute atomic E-state index is 11.7. The fraction of sp³-hybridized carbons (Fsp3) is 0.375. The van der Waals surface area contributed by atoms with Gasteiger partial charge >= 0.3 is 5.97 Å². The maximum Gasteiger partial charge on any atom is 0.356 e. The van der Waals surface area contributed by atoms with Gasteiger partial charge in [0, 0.05) is 30.4 Å². The van der Waals surface area contributed by atoms with Gasteiger partial charge in [-0.2, -0.15) is 0 Å². The number of esters is 1. The molecule has 5 nitrogen and oxygen atoms in total. The van der Waals surface area contributed by atoms with Crippen LogP contribution in [0.1, 0.15) is 17.4 Å². The van der Waals surface area contributed by atoms with Crippen LogP contribution in [-0.4, -0.2) is 49.6 Å². The number of rotatable bonds is 6. The molecule has 2 aromatic rings. The Morgan fingerprint density at radius 2 is 2.10 bits per heavy atom. The van der Waals surface area contributed by atoms with E-state index in [2.05, 4.69) is 15.2 Å². The Hall–Kier alpha value is -2.14. The topological polar surface area (TPSA) is 54.5 Å². The lowest BCUT2D eigenvalue weighted by Gasteiger charge is -2.12. The number of hydrogen-bond donors (Lipinski definition) is 1. The quantitative estimate of drug-likeness (QED) is 0.827. The summed E-state index contributed by atoms with van der Waals surface area (Å²) in [5.41, 5.74) is 1.40. The standard InChI is InChI=1S/C16H21N3O2/c1-4-21-16(20)15-10-12-5-6-14(9-13(12)11-18-15)17-7-8-19(2)3/h5-6,9-11,17H,4,7-8H2,1-3H3. The summed E-state index contributed by atoms with van der Waals surface area (Å²) in [6.07, 6.45) is 1.71. The molecule has 1 N–H and O–H groups in total. The maximum atomic E-state index is 11.7. The zero-order chi connectivity index (χ0) is 15.2. The molecule has 0 aliphatic carbocycles. The Bertz CT molecular complexity index is 626. The van der Waals surface area contributed by atoms with Crippen LogP contribution in [-0.2, 0) is 4.74 Å². The number of ether oxygens (including phenoxy) is 1. The summed E-state index contributed by atoms with van der Waals surface area (Å²) < 4.78 is 4.96. The van der Waals surface area contributed by atoms with E-state index in [1.165, 1.54) is 0 Å². The number of benzene rings is 1. The first-order chi connectivity index (χ1) is 10.1. The second kappa shape index (κ2) is 7.04. The van der Waals surface area contributed by atoms with Crippen molar-refractivity contribution in [2.45, 2.75) is 6.92 Å². The summed E-state index contributed by atoms with van der Waals surface area (Å²) in [5.74, 6) is -0.382. The highest BCUT2D eigenvalue weighted by Crippen LogP contribution is 2.19. The number of hydrogen-bond acceptors (Lipinski definition) is 5. The molecule has 1 heterocycles. The van der Waals surface area contributed by atoms with Crippen molar-refractivity contribution in [3.05, 3.63) is 36.2 Å². The second-order valence-corrected chi connectivity index (χ2v) is 5.08. The molecule has 1 aromatic carbocycles. The third-order valence-corrected chi connectivity index (χ3v) is 3.09. The molecule has 0 aliphatic heterocycles. The van der Waals surface area contributed by atoms with Gasteiger partial charge in [0.25, 0.3) is 0 Å². The number of nitrogens with zero attached hydrogens (tertiary/aromatic N) is 2. The molecule has 5 heteroatoms. The van der Waals surface area contributed by atoms with Crippen molar-refractivity contribution in [1.82, 2.24) is 9.88 Å². The Balaban J connectivity index is 2.13. The summed E-state index contributed by atoms with van der Waals surface area (Å²) >= 11 is 0. The highest BCUT2D eigenvalue weighted by molar-refractivity contribution is 5.93.